The van der Waals surface area contributed by atoms with Gasteiger partial charge in [-0.3, -0.25) is 4.79 Å². The first-order chi connectivity index (χ1) is 7.58. The zero-order valence-corrected chi connectivity index (χ0v) is 11.6. The van der Waals surface area contributed by atoms with Gasteiger partial charge in [0.2, 0.25) is 0 Å². The van der Waals surface area contributed by atoms with Crippen LogP contribution in [0.2, 0.25) is 0 Å². The summed E-state index contributed by atoms with van der Waals surface area (Å²) in [5.41, 5.74) is 0.452. The molecule has 0 aliphatic heterocycles. The zero-order chi connectivity index (χ0) is 12.2. The van der Waals surface area contributed by atoms with E-state index in [1.54, 1.807) is 6.07 Å². The van der Waals surface area contributed by atoms with Crippen LogP contribution in [0, 0.1) is 0 Å². The van der Waals surface area contributed by atoms with E-state index in [9.17, 15) is 4.79 Å². The van der Waals surface area contributed by atoms with Gasteiger partial charge in [-0.2, -0.15) is 0 Å². The number of hydrogen-bond donors (Lipinski definition) is 1. The Hall–Kier alpha value is -0.770. The summed E-state index contributed by atoms with van der Waals surface area (Å²) in [7, 11) is 0. The average molecular weight is 288 g/mol. The van der Waals surface area contributed by atoms with E-state index in [0.717, 1.165) is 19.3 Å². The lowest BCUT2D eigenvalue weighted by Gasteiger charge is -2.31. The monoisotopic (exact) mass is 287 g/mol. The van der Waals surface area contributed by atoms with E-state index in [1.807, 2.05) is 0 Å². The molecule has 1 amide bonds. The van der Waals surface area contributed by atoms with Gasteiger partial charge in [0, 0.05) is 5.54 Å². The maximum Gasteiger partial charge on any atom is 0.256 e. The highest BCUT2D eigenvalue weighted by Gasteiger charge is 2.27. The molecular weight excluding hydrogens is 270 g/mol. The van der Waals surface area contributed by atoms with Crippen molar-refractivity contribution < 1.29 is 9.21 Å². The van der Waals surface area contributed by atoms with Crippen molar-refractivity contribution in [2.24, 2.45) is 0 Å². The second kappa shape index (κ2) is 5.53. The molecule has 0 aromatic carbocycles. The number of rotatable bonds is 5. The van der Waals surface area contributed by atoms with Crippen LogP contribution in [0.1, 0.15) is 50.4 Å². The van der Waals surface area contributed by atoms with Crippen molar-refractivity contribution in [1.29, 1.82) is 0 Å². The molecular formula is C12H18BrNO2. The molecule has 16 heavy (non-hydrogen) atoms. The van der Waals surface area contributed by atoms with Gasteiger partial charge in [-0.1, -0.05) is 20.8 Å². The van der Waals surface area contributed by atoms with Gasteiger partial charge in [0.15, 0.2) is 4.67 Å². The van der Waals surface area contributed by atoms with E-state index in [1.165, 1.54) is 6.26 Å². The predicted molar refractivity (Wildman–Crippen MR) is 67.5 cm³/mol. The summed E-state index contributed by atoms with van der Waals surface area (Å²) in [5.74, 6) is -0.0776. The van der Waals surface area contributed by atoms with Gasteiger partial charge in [-0.05, 0) is 41.3 Å². The quantitative estimate of drug-likeness (QED) is 0.896. The van der Waals surface area contributed by atoms with E-state index in [2.05, 4.69) is 42.0 Å². The van der Waals surface area contributed by atoms with Crippen LogP contribution < -0.4 is 5.32 Å². The van der Waals surface area contributed by atoms with Crippen LogP contribution in [-0.4, -0.2) is 11.4 Å². The molecule has 4 heteroatoms. The van der Waals surface area contributed by atoms with Crippen LogP contribution in [0.5, 0.6) is 0 Å². The van der Waals surface area contributed by atoms with Crippen molar-refractivity contribution in [3.8, 4) is 0 Å². The summed E-state index contributed by atoms with van der Waals surface area (Å²) in [6.45, 7) is 6.28. The average Bonchev–Trinajstić information content (AvgIpc) is 2.72. The van der Waals surface area contributed by atoms with E-state index in [-0.39, 0.29) is 11.4 Å². The number of amides is 1. The van der Waals surface area contributed by atoms with Crippen molar-refractivity contribution >= 4 is 21.8 Å². The number of halogens is 1. The standard InChI is InChI=1S/C12H18BrNO2/c1-4-12(5-2,6-3)14-11(15)9-7-8-16-10(9)13/h7-8H,4-6H2,1-3H3,(H,14,15). The lowest BCUT2D eigenvalue weighted by molar-refractivity contribution is 0.0886. The van der Waals surface area contributed by atoms with Crippen molar-refractivity contribution in [3.63, 3.8) is 0 Å². The summed E-state index contributed by atoms with van der Waals surface area (Å²) in [4.78, 5) is 12.0. The Morgan fingerprint density at radius 1 is 1.38 bits per heavy atom. The minimum Gasteiger partial charge on any atom is -0.457 e. The van der Waals surface area contributed by atoms with E-state index in [4.69, 9.17) is 4.42 Å². The summed E-state index contributed by atoms with van der Waals surface area (Å²) >= 11 is 3.21. The summed E-state index contributed by atoms with van der Waals surface area (Å²) in [5, 5.41) is 3.09. The zero-order valence-electron chi connectivity index (χ0n) is 9.97. The fourth-order valence-electron chi connectivity index (χ4n) is 1.78. The van der Waals surface area contributed by atoms with Gasteiger partial charge >= 0.3 is 0 Å². The van der Waals surface area contributed by atoms with Crippen molar-refractivity contribution in [2.45, 2.75) is 45.6 Å². The minimum atomic E-state index is -0.103. The minimum absolute atomic E-state index is 0.0776. The normalized spacial score (nSPS) is 11.5. The highest BCUT2D eigenvalue weighted by Crippen LogP contribution is 2.22. The molecule has 0 radical (unpaired) electrons. The molecule has 1 aromatic heterocycles. The molecule has 0 spiro atoms. The maximum atomic E-state index is 12.0. The molecule has 3 nitrogen and oxygen atoms in total. The van der Waals surface area contributed by atoms with Gasteiger partial charge in [0.25, 0.3) is 5.91 Å². The topological polar surface area (TPSA) is 42.2 Å². The molecule has 0 aliphatic rings. The first-order valence-corrected chi connectivity index (χ1v) is 6.43. The lowest BCUT2D eigenvalue weighted by Crippen LogP contribution is -2.47. The van der Waals surface area contributed by atoms with Gasteiger partial charge in [-0.25, -0.2) is 0 Å². The smallest absolute Gasteiger partial charge is 0.256 e. The van der Waals surface area contributed by atoms with Gasteiger partial charge in [-0.15, -0.1) is 0 Å². The predicted octanol–water partition coefficient (Wildman–Crippen LogP) is 3.74. The van der Waals surface area contributed by atoms with Crippen LogP contribution in [0.25, 0.3) is 0 Å². The Morgan fingerprint density at radius 3 is 2.31 bits per heavy atom. The maximum absolute atomic E-state index is 12.0. The second-order valence-electron chi connectivity index (χ2n) is 3.90. The van der Waals surface area contributed by atoms with Gasteiger partial charge < -0.3 is 9.73 Å². The van der Waals surface area contributed by atoms with Crippen LogP contribution >= 0.6 is 15.9 Å². The van der Waals surface area contributed by atoms with Crippen molar-refractivity contribution in [2.75, 3.05) is 0 Å². The van der Waals surface area contributed by atoms with Crippen LogP contribution in [-0.2, 0) is 0 Å². The summed E-state index contributed by atoms with van der Waals surface area (Å²) in [6, 6.07) is 1.67. The number of carbonyl (C=O) groups excluding carboxylic acids is 1. The second-order valence-corrected chi connectivity index (χ2v) is 4.62. The first kappa shape index (κ1) is 13.3. The number of furan rings is 1. The van der Waals surface area contributed by atoms with Crippen molar-refractivity contribution in [3.05, 3.63) is 22.6 Å². The molecule has 0 bridgehead atoms. The van der Waals surface area contributed by atoms with Crippen LogP contribution in [0.3, 0.4) is 0 Å². The third kappa shape index (κ3) is 2.67. The van der Waals surface area contributed by atoms with Crippen LogP contribution in [0.4, 0.5) is 0 Å². The number of carbonyl (C=O) groups is 1. The Bertz CT molecular complexity index is 347. The summed E-state index contributed by atoms with van der Waals surface area (Å²) < 4.78 is 5.55. The Balaban J connectivity index is 2.81. The van der Waals surface area contributed by atoms with E-state index < -0.39 is 0 Å². The highest BCUT2D eigenvalue weighted by molar-refractivity contribution is 9.10. The SMILES string of the molecule is CCC(CC)(CC)NC(=O)c1ccoc1Br. The van der Waals surface area contributed by atoms with E-state index >= 15 is 0 Å². The third-order valence-corrected chi connectivity index (χ3v) is 3.89. The Kier molecular flexibility index (Phi) is 4.59. The molecule has 1 N–H and O–H groups in total. The van der Waals surface area contributed by atoms with Crippen LogP contribution in [0.15, 0.2) is 21.4 Å². The first-order valence-electron chi connectivity index (χ1n) is 5.64. The molecule has 0 aliphatic carbocycles. The molecule has 1 aromatic rings. The lowest BCUT2D eigenvalue weighted by atomic mass is 9.89. The number of nitrogens with one attached hydrogen (secondary N) is 1. The number of hydrogen-bond acceptors (Lipinski definition) is 2. The molecule has 0 saturated heterocycles. The fraction of sp³-hybridized carbons (Fsp3) is 0.583. The Morgan fingerprint density at radius 2 is 1.94 bits per heavy atom. The highest BCUT2D eigenvalue weighted by atomic mass is 79.9. The molecule has 0 saturated carbocycles. The molecule has 0 fully saturated rings. The molecule has 90 valence electrons. The third-order valence-electron chi connectivity index (χ3n) is 3.27. The summed E-state index contributed by atoms with van der Waals surface area (Å²) in [6.07, 6.45) is 4.30. The largest absolute Gasteiger partial charge is 0.457 e. The van der Waals surface area contributed by atoms with Gasteiger partial charge in [0.05, 0.1) is 11.8 Å². The molecule has 1 rings (SSSR count). The van der Waals surface area contributed by atoms with Gasteiger partial charge in [0.1, 0.15) is 0 Å². The molecule has 0 atom stereocenters. The Labute approximate surface area is 105 Å². The fourth-order valence-corrected chi connectivity index (χ4v) is 2.20. The molecule has 1 heterocycles. The van der Waals surface area contributed by atoms with E-state index in [0.29, 0.717) is 10.2 Å². The molecule has 0 unspecified atom stereocenters. The van der Waals surface area contributed by atoms with Crippen molar-refractivity contribution in [1.82, 2.24) is 5.32 Å².